The van der Waals surface area contributed by atoms with E-state index < -0.39 is 0 Å². The number of rotatable bonds is 4. The highest BCUT2D eigenvalue weighted by Crippen LogP contribution is 2.13. The summed E-state index contributed by atoms with van der Waals surface area (Å²) in [6.45, 7) is 3.01. The molecule has 18 heavy (non-hydrogen) atoms. The fourth-order valence-electron chi connectivity index (χ4n) is 1.48. The van der Waals surface area contributed by atoms with Crippen molar-refractivity contribution in [3.63, 3.8) is 0 Å². The van der Waals surface area contributed by atoms with Gasteiger partial charge in [0.1, 0.15) is 0 Å². The molecule has 0 aliphatic heterocycles. The zero-order chi connectivity index (χ0) is 13.0. The van der Waals surface area contributed by atoms with E-state index in [0.29, 0.717) is 18.1 Å². The van der Waals surface area contributed by atoms with Gasteiger partial charge in [0.2, 0.25) is 0 Å². The molecule has 0 radical (unpaired) electrons. The summed E-state index contributed by atoms with van der Waals surface area (Å²) in [5, 5.41) is 7.21. The number of hydrogen-bond acceptors (Lipinski definition) is 3. The molecule has 0 atom stereocenters. The van der Waals surface area contributed by atoms with E-state index >= 15 is 0 Å². The molecular weight excluding hydrogens is 252 g/mol. The minimum Gasteiger partial charge on any atom is -0.346 e. The smallest absolute Gasteiger partial charge is 0.273 e. The van der Waals surface area contributed by atoms with E-state index in [1.807, 2.05) is 19.1 Å². The summed E-state index contributed by atoms with van der Waals surface area (Å²) in [6.07, 6.45) is 5.03. The Morgan fingerprint density at radius 3 is 3.00 bits per heavy atom. The van der Waals surface area contributed by atoms with Crippen molar-refractivity contribution < 1.29 is 4.79 Å². The molecule has 0 aliphatic carbocycles. The van der Waals surface area contributed by atoms with Crippen LogP contribution in [0.4, 0.5) is 0 Å². The summed E-state index contributed by atoms with van der Waals surface area (Å²) < 4.78 is 1.63. The normalized spacial score (nSPS) is 10.3. The highest BCUT2D eigenvalue weighted by Gasteiger charge is 2.14. The van der Waals surface area contributed by atoms with Gasteiger partial charge in [-0.25, -0.2) is 0 Å². The van der Waals surface area contributed by atoms with Crippen LogP contribution in [0.3, 0.4) is 0 Å². The van der Waals surface area contributed by atoms with Crippen LogP contribution in [0.2, 0.25) is 5.02 Å². The Kier molecular flexibility index (Phi) is 3.94. The van der Waals surface area contributed by atoms with Crippen LogP contribution in [-0.2, 0) is 13.1 Å². The molecule has 0 unspecified atom stereocenters. The molecule has 0 saturated heterocycles. The molecule has 1 N–H and O–H groups in total. The van der Waals surface area contributed by atoms with Crippen molar-refractivity contribution in [1.29, 1.82) is 0 Å². The van der Waals surface area contributed by atoms with E-state index in [2.05, 4.69) is 15.4 Å². The zero-order valence-electron chi connectivity index (χ0n) is 9.93. The maximum absolute atomic E-state index is 11.9. The second kappa shape index (κ2) is 5.64. The Morgan fingerprint density at radius 2 is 2.39 bits per heavy atom. The first-order valence-electron chi connectivity index (χ1n) is 5.60. The third kappa shape index (κ3) is 2.87. The van der Waals surface area contributed by atoms with Gasteiger partial charge in [0, 0.05) is 31.7 Å². The van der Waals surface area contributed by atoms with Crippen molar-refractivity contribution in [3.05, 3.63) is 47.0 Å². The second-order valence-corrected chi connectivity index (χ2v) is 4.13. The zero-order valence-corrected chi connectivity index (χ0v) is 10.7. The monoisotopic (exact) mass is 264 g/mol. The SMILES string of the molecule is CCn1cc(Cl)c(C(=O)NCc2cccnc2)n1. The van der Waals surface area contributed by atoms with Gasteiger partial charge in [-0.05, 0) is 18.6 Å². The predicted octanol–water partition coefficient (Wildman–Crippen LogP) is 1.88. The number of amides is 1. The molecule has 2 aromatic rings. The molecule has 0 fully saturated rings. The summed E-state index contributed by atoms with van der Waals surface area (Å²) >= 11 is 5.94. The quantitative estimate of drug-likeness (QED) is 0.917. The van der Waals surface area contributed by atoms with Crippen LogP contribution in [0.25, 0.3) is 0 Å². The topological polar surface area (TPSA) is 59.8 Å². The lowest BCUT2D eigenvalue weighted by Gasteiger charge is -2.03. The molecule has 0 spiro atoms. The first kappa shape index (κ1) is 12.6. The van der Waals surface area contributed by atoms with E-state index in [1.54, 1.807) is 23.3 Å². The maximum Gasteiger partial charge on any atom is 0.273 e. The number of nitrogens with zero attached hydrogens (tertiary/aromatic N) is 3. The van der Waals surface area contributed by atoms with Gasteiger partial charge < -0.3 is 5.32 Å². The molecule has 6 heteroatoms. The molecule has 0 aromatic carbocycles. The highest BCUT2D eigenvalue weighted by molar-refractivity contribution is 6.33. The summed E-state index contributed by atoms with van der Waals surface area (Å²) in [6, 6.07) is 3.71. The Labute approximate surface area is 110 Å². The molecule has 2 rings (SSSR count). The number of carbonyl (C=O) groups excluding carboxylic acids is 1. The number of halogens is 1. The van der Waals surface area contributed by atoms with E-state index in [1.165, 1.54) is 0 Å². The molecule has 2 aromatic heterocycles. The lowest BCUT2D eigenvalue weighted by atomic mass is 10.3. The number of pyridine rings is 1. The predicted molar refractivity (Wildman–Crippen MR) is 68.3 cm³/mol. The minimum atomic E-state index is -0.281. The first-order valence-corrected chi connectivity index (χ1v) is 5.98. The molecule has 0 aliphatic rings. The van der Waals surface area contributed by atoms with Crippen molar-refractivity contribution in [2.24, 2.45) is 0 Å². The van der Waals surface area contributed by atoms with Crippen molar-refractivity contribution in [2.45, 2.75) is 20.0 Å². The van der Waals surface area contributed by atoms with Crippen molar-refractivity contribution in [1.82, 2.24) is 20.1 Å². The average molecular weight is 265 g/mol. The van der Waals surface area contributed by atoms with Crippen LogP contribution < -0.4 is 5.32 Å². The average Bonchev–Trinajstić information content (AvgIpc) is 2.78. The minimum absolute atomic E-state index is 0.252. The Balaban J connectivity index is 2.01. The lowest BCUT2D eigenvalue weighted by molar-refractivity contribution is 0.0945. The largest absolute Gasteiger partial charge is 0.346 e. The molecule has 0 bridgehead atoms. The Bertz CT molecular complexity index is 538. The number of nitrogens with one attached hydrogen (secondary N) is 1. The van der Waals surface area contributed by atoms with Gasteiger partial charge in [-0.2, -0.15) is 5.10 Å². The summed E-state index contributed by atoms with van der Waals surface area (Å²) in [7, 11) is 0. The molecule has 1 amide bonds. The fraction of sp³-hybridized carbons (Fsp3) is 0.250. The summed E-state index contributed by atoms with van der Waals surface area (Å²) in [4.78, 5) is 15.8. The van der Waals surface area contributed by atoms with Crippen LogP contribution >= 0.6 is 11.6 Å². The maximum atomic E-state index is 11.9. The summed E-state index contributed by atoms with van der Waals surface area (Å²) in [5.74, 6) is -0.281. The second-order valence-electron chi connectivity index (χ2n) is 3.73. The van der Waals surface area contributed by atoms with Gasteiger partial charge in [-0.1, -0.05) is 17.7 Å². The summed E-state index contributed by atoms with van der Waals surface area (Å²) in [5.41, 5.74) is 1.18. The first-order chi connectivity index (χ1) is 8.70. The lowest BCUT2D eigenvalue weighted by Crippen LogP contribution is -2.23. The molecule has 0 saturated carbocycles. The molecule has 2 heterocycles. The van der Waals surface area contributed by atoms with Gasteiger partial charge in [0.25, 0.3) is 5.91 Å². The van der Waals surface area contributed by atoms with Crippen LogP contribution in [0.5, 0.6) is 0 Å². The molecule has 5 nitrogen and oxygen atoms in total. The van der Waals surface area contributed by atoms with Gasteiger partial charge in [0.05, 0.1) is 5.02 Å². The number of carbonyl (C=O) groups is 1. The van der Waals surface area contributed by atoms with E-state index in [-0.39, 0.29) is 11.6 Å². The van der Waals surface area contributed by atoms with Crippen molar-refractivity contribution >= 4 is 17.5 Å². The van der Waals surface area contributed by atoms with Gasteiger partial charge >= 0.3 is 0 Å². The molecular formula is C12H13ClN4O. The van der Waals surface area contributed by atoms with Gasteiger partial charge in [-0.15, -0.1) is 0 Å². The Morgan fingerprint density at radius 1 is 1.56 bits per heavy atom. The third-order valence-electron chi connectivity index (χ3n) is 2.43. The van der Waals surface area contributed by atoms with Crippen LogP contribution in [-0.4, -0.2) is 20.7 Å². The highest BCUT2D eigenvalue weighted by atomic mass is 35.5. The van der Waals surface area contributed by atoms with E-state index in [4.69, 9.17) is 11.6 Å². The fourth-order valence-corrected chi connectivity index (χ4v) is 1.72. The number of aromatic nitrogens is 3. The Hall–Kier alpha value is -1.88. The number of hydrogen-bond donors (Lipinski definition) is 1. The van der Waals surface area contributed by atoms with Crippen LogP contribution in [0.1, 0.15) is 23.0 Å². The molecule has 94 valence electrons. The van der Waals surface area contributed by atoms with Gasteiger partial charge in [0.15, 0.2) is 5.69 Å². The van der Waals surface area contributed by atoms with Crippen LogP contribution in [0.15, 0.2) is 30.7 Å². The third-order valence-corrected chi connectivity index (χ3v) is 2.71. The van der Waals surface area contributed by atoms with Gasteiger partial charge in [-0.3, -0.25) is 14.5 Å². The van der Waals surface area contributed by atoms with E-state index in [0.717, 1.165) is 5.56 Å². The van der Waals surface area contributed by atoms with Crippen LogP contribution in [0, 0.1) is 0 Å². The van der Waals surface area contributed by atoms with E-state index in [9.17, 15) is 4.79 Å². The standard InChI is InChI=1S/C12H13ClN4O/c1-2-17-8-10(13)11(16-17)12(18)15-7-9-4-3-5-14-6-9/h3-6,8H,2,7H2,1H3,(H,15,18). The van der Waals surface area contributed by atoms with Crippen molar-refractivity contribution in [3.8, 4) is 0 Å². The number of aryl methyl sites for hydroxylation is 1. The van der Waals surface area contributed by atoms with Crippen molar-refractivity contribution in [2.75, 3.05) is 0 Å².